The first-order valence-electron chi connectivity index (χ1n) is 10.7. The number of aryl methyl sites for hydroxylation is 1. The summed E-state index contributed by atoms with van der Waals surface area (Å²) in [5, 5.41) is 10.9. The van der Waals surface area contributed by atoms with Crippen LogP contribution in [0.4, 0.5) is 0 Å². The van der Waals surface area contributed by atoms with E-state index in [1.807, 2.05) is 54.6 Å². The summed E-state index contributed by atoms with van der Waals surface area (Å²) in [7, 11) is 1.64. The lowest BCUT2D eigenvalue weighted by Gasteiger charge is -2.15. The largest absolute Gasteiger partial charge is 0.497 e. The van der Waals surface area contributed by atoms with Gasteiger partial charge in [-0.3, -0.25) is 9.89 Å². The Kier molecular flexibility index (Phi) is 7.42. The monoisotopic (exact) mass is 458 g/mol. The van der Waals surface area contributed by atoms with Crippen molar-refractivity contribution in [1.29, 1.82) is 0 Å². The fourth-order valence-corrected chi connectivity index (χ4v) is 4.37. The van der Waals surface area contributed by atoms with Gasteiger partial charge in [0.1, 0.15) is 5.75 Å². The average molecular weight is 459 g/mol. The fraction of sp³-hybridized carbons (Fsp3) is 0.192. The number of aromatic nitrogens is 3. The summed E-state index contributed by atoms with van der Waals surface area (Å²) < 4.78 is 5.22. The van der Waals surface area contributed by atoms with Crippen LogP contribution < -0.4 is 10.1 Å². The minimum absolute atomic E-state index is 0.0113. The Morgan fingerprint density at radius 3 is 2.45 bits per heavy atom. The van der Waals surface area contributed by atoms with E-state index >= 15 is 0 Å². The first kappa shape index (κ1) is 22.6. The molecule has 1 atom stereocenters. The Balaban J connectivity index is 1.47. The molecule has 7 heteroatoms. The van der Waals surface area contributed by atoms with Crippen molar-refractivity contribution in [2.75, 3.05) is 7.11 Å². The molecule has 4 aromatic rings. The zero-order valence-corrected chi connectivity index (χ0v) is 19.4. The molecule has 2 N–H and O–H groups in total. The maximum atomic E-state index is 12.8. The van der Waals surface area contributed by atoms with Crippen LogP contribution in [-0.2, 0) is 11.3 Å². The van der Waals surface area contributed by atoms with E-state index in [9.17, 15) is 4.79 Å². The van der Waals surface area contributed by atoms with E-state index in [1.54, 1.807) is 7.11 Å². The molecular weight excluding hydrogens is 432 g/mol. The number of hydrogen-bond acceptors (Lipinski definition) is 5. The molecule has 0 aliphatic carbocycles. The summed E-state index contributed by atoms with van der Waals surface area (Å²) in [6.45, 7) is 2.56. The molecule has 168 valence electrons. The summed E-state index contributed by atoms with van der Waals surface area (Å²) in [5.74, 6) is 1.45. The van der Waals surface area contributed by atoms with Gasteiger partial charge in [0.05, 0.1) is 7.11 Å². The highest BCUT2D eigenvalue weighted by Crippen LogP contribution is 2.37. The highest BCUT2D eigenvalue weighted by molar-refractivity contribution is 7.99. The van der Waals surface area contributed by atoms with Crippen LogP contribution in [0, 0.1) is 6.92 Å². The number of amides is 1. The van der Waals surface area contributed by atoms with Gasteiger partial charge in [0, 0.05) is 23.8 Å². The molecule has 0 spiro atoms. The first-order valence-corrected chi connectivity index (χ1v) is 11.6. The van der Waals surface area contributed by atoms with Gasteiger partial charge in [-0.05, 0) is 42.3 Å². The lowest BCUT2D eigenvalue weighted by molar-refractivity contribution is -0.121. The quantitative estimate of drug-likeness (QED) is 0.332. The SMILES string of the molecule is COc1ccc(-c2nc(SC(CC(=O)NCc3ccccc3)c3ccc(C)cc3)n[nH]2)cc1. The molecule has 1 heterocycles. The summed E-state index contributed by atoms with van der Waals surface area (Å²) >= 11 is 1.48. The van der Waals surface area contributed by atoms with Crippen LogP contribution in [-0.4, -0.2) is 28.2 Å². The molecule has 0 aliphatic rings. The molecule has 0 saturated carbocycles. The molecule has 6 nitrogen and oxygen atoms in total. The lowest BCUT2D eigenvalue weighted by Crippen LogP contribution is -2.24. The summed E-state index contributed by atoms with van der Waals surface area (Å²) in [6, 6.07) is 25.8. The standard InChI is InChI=1S/C26H26N4O2S/c1-18-8-10-20(11-9-18)23(16-24(31)27-17-19-6-4-3-5-7-19)33-26-28-25(29-30-26)21-12-14-22(32-2)15-13-21/h3-15,23H,16-17H2,1-2H3,(H,27,31)(H,28,29,30). The molecule has 3 aromatic carbocycles. The van der Waals surface area contributed by atoms with Gasteiger partial charge in [-0.1, -0.05) is 71.9 Å². The lowest BCUT2D eigenvalue weighted by atomic mass is 10.1. The Labute approximate surface area is 197 Å². The van der Waals surface area contributed by atoms with Gasteiger partial charge >= 0.3 is 0 Å². The second-order valence-corrected chi connectivity index (χ2v) is 8.85. The molecule has 0 fully saturated rings. The van der Waals surface area contributed by atoms with Crippen LogP contribution in [0.5, 0.6) is 5.75 Å². The third kappa shape index (κ3) is 6.23. The van der Waals surface area contributed by atoms with E-state index in [0.717, 1.165) is 22.4 Å². The third-order valence-corrected chi connectivity index (χ3v) is 6.35. The van der Waals surface area contributed by atoms with Gasteiger partial charge in [-0.2, -0.15) is 0 Å². The fourth-order valence-electron chi connectivity index (χ4n) is 3.35. The Bertz CT molecular complexity index is 1180. The number of carbonyl (C=O) groups excluding carboxylic acids is 1. The highest BCUT2D eigenvalue weighted by Gasteiger charge is 2.20. The minimum Gasteiger partial charge on any atom is -0.497 e. The summed E-state index contributed by atoms with van der Waals surface area (Å²) in [6.07, 6.45) is 0.326. The first-order chi connectivity index (χ1) is 16.1. The van der Waals surface area contributed by atoms with Gasteiger partial charge in [-0.25, -0.2) is 4.98 Å². The van der Waals surface area contributed by atoms with Crippen LogP contribution >= 0.6 is 11.8 Å². The normalized spacial score (nSPS) is 11.7. The van der Waals surface area contributed by atoms with Crippen LogP contribution in [0.25, 0.3) is 11.4 Å². The number of ether oxygens (including phenoxy) is 1. The van der Waals surface area contributed by atoms with Crippen LogP contribution in [0.2, 0.25) is 0 Å². The number of nitrogens with zero attached hydrogens (tertiary/aromatic N) is 2. The summed E-state index contributed by atoms with van der Waals surface area (Å²) in [5.41, 5.74) is 4.23. The van der Waals surface area contributed by atoms with Crippen molar-refractivity contribution >= 4 is 17.7 Å². The van der Waals surface area contributed by atoms with E-state index < -0.39 is 0 Å². The molecule has 1 amide bonds. The number of benzene rings is 3. The average Bonchev–Trinajstić information content (AvgIpc) is 3.32. The van der Waals surface area contributed by atoms with Crippen LogP contribution in [0.1, 0.15) is 28.4 Å². The van der Waals surface area contributed by atoms with Crippen molar-refractivity contribution in [3.05, 3.63) is 95.6 Å². The minimum atomic E-state index is -0.110. The predicted octanol–water partition coefficient (Wildman–Crippen LogP) is 5.33. The van der Waals surface area contributed by atoms with Crippen molar-refractivity contribution in [1.82, 2.24) is 20.5 Å². The third-order valence-electron chi connectivity index (χ3n) is 5.23. The number of H-pyrrole nitrogens is 1. The van der Waals surface area contributed by atoms with Crippen molar-refractivity contribution in [2.45, 2.75) is 30.3 Å². The van der Waals surface area contributed by atoms with Crippen molar-refractivity contribution in [2.24, 2.45) is 0 Å². The Morgan fingerprint density at radius 2 is 1.76 bits per heavy atom. The van der Waals surface area contributed by atoms with Crippen LogP contribution in [0.3, 0.4) is 0 Å². The molecule has 0 radical (unpaired) electrons. The topological polar surface area (TPSA) is 79.9 Å². The Morgan fingerprint density at radius 1 is 1.03 bits per heavy atom. The molecular formula is C26H26N4O2S. The zero-order chi connectivity index (χ0) is 23.0. The number of rotatable bonds is 9. The van der Waals surface area contributed by atoms with Crippen molar-refractivity contribution in [3.8, 4) is 17.1 Å². The summed E-state index contributed by atoms with van der Waals surface area (Å²) in [4.78, 5) is 17.4. The van der Waals surface area contributed by atoms with Crippen molar-refractivity contribution in [3.63, 3.8) is 0 Å². The van der Waals surface area contributed by atoms with Crippen molar-refractivity contribution < 1.29 is 9.53 Å². The molecule has 4 rings (SSSR count). The molecule has 0 aliphatic heterocycles. The second kappa shape index (κ2) is 10.8. The van der Waals surface area contributed by atoms with E-state index in [2.05, 4.69) is 51.7 Å². The Hall–Kier alpha value is -3.58. The van der Waals surface area contributed by atoms with Crippen LogP contribution in [0.15, 0.2) is 84.0 Å². The number of nitrogens with one attached hydrogen (secondary N) is 2. The predicted molar refractivity (Wildman–Crippen MR) is 131 cm³/mol. The number of thioether (sulfide) groups is 1. The zero-order valence-electron chi connectivity index (χ0n) is 18.6. The molecule has 33 heavy (non-hydrogen) atoms. The number of hydrogen-bond donors (Lipinski definition) is 2. The van der Waals surface area contributed by atoms with Gasteiger partial charge in [0.25, 0.3) is 0 Å². The maximum absolute atomic E-state index is 12.8. The molecule has 1 aromatic heterocycles. The van der Waals surface area contributed by atoms with Gasteiger partial charge in [0.15, 0.2) is 5.82 Å². The smallest absolute Gasteiger partial charge is 0.221 e. The highest BCUT2D eigenvalue weighted by atomic mass is 32.2. The molecule has 0 saturated heterocycles. The van der Waals surface area contributed by atoms with Gasteiger partial charge in [0.2, 0.25) is 11.1 Å². The van der Waals surface area contributed by atoms with E-state index in [1.165, 1.54) is 17.3 Å². The van der Waals surface area contributed by atoms with E-state index in [4.69, 9.17) is 4.74 Å². The second-order valence-electron chi connectivity index (χ2n) is 7.68. The maximum Gasteiger partial charge on any atom is 0.221 e. The number of methoxy groups -OCH3 is 1. The molecule has 0 bridgehead atoms. The van der Waals surface area contributed by atoms with Gasteiger partial charge in [-0.15, -0.1) is 5.10 Å². The van der Waals surface area contributed by atoms with Gasteiger partial charge < -0.3 is 10.1 Å². The van der Waals surface area contributed by atoms with E-state index in [-0.39, 0.29) is 11.2 Å². The number of aromatic amines is 1. The van der Waals surface area contributed by atoms with E-state index in [0.29, 0.717) is 23.9 Å². The molecule has 1 unspecified atom stereocenters. The number of carbonyl (C=O) groups is 1.